The maximum absolute atomic E-state index is 12.1. The van der Waals surface area contributed by atoms with Crippen LogP contribution in [0.4, 0.5) is 5.69 Å². The first-order valence-corrected chi connectivity index (χ1v) is 8.25. The first-order valence-electron chi connectivity index (χ1n) is 5.82. The van der Waals surface area contributed by atoms with E-state index >= 15 is 0 Å². The standard InChI is InChI=1S/C12H16N2O2S2/c1-4-17-12-13-10-6-5-9(8(2)3)7-11(10)18(15,16)14-12/h5-8H,4H2,1-3H3,(H,13,14). The van der Waals surface area contributed by atoms with E-state index in [4.69, 9.17) is 0 Å². The second kappa shape index (κ2) is 4.93. The molecule has 0 spiro atoms. The van der Waals surface area contributed by atoms with Gasteiger partial charge >= 0.3 is 0 Å². The van der Waals surface area contributed by atoms with Gasteiger partial charge in [0.2, 0.25) is 0 Å². The fourth-order valence-electron chi connectivity index (χ4n) is 1.71. The molecule has 0 amide bonds. The Morgan fingerprint density at radius 3 is 2.72 bits per heavy atom. The molecule has 0 fully saturated rings. The van der Waals surface area contributed by atoms with Gasteiger partial charge in [-0.15, -0.1) is 4.40 Å². The summed E-state index contributed by atoms with van der Waals surface area (Å²) in [6.45, 7) is 6.03. The minimum atomic E-state index is -3.56. The third-order valence-electron chi connectivity index (χ3n) is 2.68. The lowest BCUT2D eigenvalue weighted by Gasteiger charge is -2.18. The molecule has 4 nitrogen and oxygen atoms in total. The van der Waals surface area contributed by atoms with E-state index in [0.29, 0.717) is 16.8 Å². The van der Waals surface area contributed by atoms with Crippen molar-refractivity contribution in [2.45, 2.75) is 31.6 Å². The minimum absolute atomic E-state index is 0.272. The van der Waals surface area contributed by atoms with Crippen LogP contribution in [0.1, 0.15) is 32.3 Å². The smallest absolute Gasteiger partial charge is 0.286 e. The summed E-state index contributed by atoms with van der Waals surface area (Å²) in [5, 5.41) is 3.50. The summed E-state index contributed by atoms with van der Waals surface area (Å²) in [4.78, 5) is 0.272. The quantitative estimate of drug-likeness (QED) is 0.907. The van der Waals surface area contributed by atoms with Crippen LogP contribution in [-0.4, -0.2) is 19.3 Å². The van der Waals surface area contributed by atoms with Crippen LogP contribution >= 0.6 is 11.8 Å². The molecule has 0 radical (unpaired) electrons. The van der Waals surface area contributed by atoms with Gasteiger partial charge < -0.3 is 5.32 Å². The zero-order valence-corrected chi connectivity index (χ0v) is 12.2. The van der Waals surface area contributed by atoms with Gasteiger partial charge in [-0.3, -0.25) is 0 Å². The largest absolute Gasteiger partial charge is 0.333 e. The van der Waals surface area contributed by atoms with Crippen molar-refractivity contribution in [1.82, 2.24) is 0 Å². The average Bonchev–Trinajstić information content (AvgIpc) is 2.28. The maximum atomic E-state index is 12.1. The number of benzene rings is 1. The zero-order valence-electron chi connectivity index (χ0n) is 10.6. The molecule has 1 aliphatic heterocycles. The van der Waals surface area contributed by atoms with Crippen molar-refractivity contribution >= 4 is 32.6 Å². The van der Waals surface area contributed by atoms with E-state index < -0.39 is 10.0 Å². The van der Waals surface area contributed by atoms with Gasteiger partial charge in [-0.1, -0.05) is 38.6 Å². The van der Waals surface area contributed by atoms with Gasteiger partial charge in [-0.2, -0.15) is 8.42 Å². The third-order valence-corrected chi connectivity index (χ3v) is 4.86. The Labute approximate surface area is 112 Å². The Balaban J connectivity index is 2.50. The molecule has 0 unspecified atom stereocenters. The molecule has 1 aromatic rings. The van der Waals surface area contributed by atoms with Crippen LogP contribution < -0.4 is 5.32 Å². The average molecular weight is 284 g/mol. The molecular formula is C12H16N2O2S2. The van der Waals surface area contributed by atoms with Crippen LogP contribution in [0, 0.1) is 0 Å². The van der Waals surface area contributed by atoms with Crippen LogP contribution in [0.25, 0.3) is 0 Å². The fourth-order valence-corrected chi connectivity index (χ4v) is 3.72. The first-order chi connectivity index (χ1) is 8.44. The molecule has 1 N–H and O–H groups in total. The fraction of sp³-hybridized carbons (Fsp3) is 0.417. The Morgan fingerprint density at radius 2 is 2.11 bits per heavy atom. The molecule has 18 heavy (non-hydrogen) atoms. The number of nitrogens with zero attached hydrogens (tertiary/aromatic N) is 1. The number of hydrogen-bond donors (Lipinski definition) is 1. The van der Waals surface area contributed by atoms with Gasteiger partial charge in [0.25, 0.3) is 10.0 Å². The summed E-state index contributed by atoms with van der Waals surface area (Å²) in [5.41, 5.74) is 1.62. The molecule has 98 valence electrons. The summed E-state index contributed by atoms with van der Waals surface area (Å²) in [5.74, 6) is 1.07. The molecule has 1 aliphatic rings. The normalized spacial score (nSPS) is 17.0. The highest BCUT2D eigenvalue weighted by Gasteiger charge is 2.25. The molecule has 0 aromatic heterocycles. The van der Waals surface area contributed by atoms with Gasteiger partial charge in [0.1, 0.15) is 4.90 Å². The Morgan fingerprint density at radius 1 is 1.39 bits per heavy atom. The van der Waals surface area contributed by atoms with E-state index in [9.17, 15) is 8.42 Å². The Bertz CT molecular complexity index is 592. The summed E-state index contributed by atoms with van der Waals surface area (Å²) in [6, 6.07) is 5.47. The molecule has 0 atom stereocenters. The van der Waals surface area contributed by atoms with Crippen LogP contribution in [-0.2, 0) is 10.0 Å². The lowest BCUT2D eigenvalue weighted by Crippen LogP contribution is -2.19. The van der Waals surface area contributed by atoms with Crippen molar-refractivity contribution in [3.63, 3.8) is 0 Å². The lowest BCUT2D eigenvalue weighted by molar-refractivity contribution is 0.597. The van der Waals surface area contributed by atoms with E-state index in [2.05, 4.69) is 9.71 Å². The summed E-state index contributed by atoms with van der Waals surface area (Å²) < 4.78 is 28.0. The van der Waals surface area contributed by atoms with E-state index in [0.717, 1.165) is 11.3 Å². The number of amidine groups is 1. The van der Waals surface area contributed by atoms with Crippen molar-refractivity contribution in [3.05, 3.63) is 23.8 Å². The molecule has 0 saturated heterocycles. The van der Waals surface area contributed by atoms with Crippen molar-refractivity contribution in [1.29, 1.82) is 0 Å². The molecule has 1 heterocycles. The van der Waals surface area contributed by atoms with Gasteiger partial charge in [0.15, 0.2) is 5.17 Å². The number of fused-ring (bicyclic) bond motifs is 1. The van der Waals surface area contributed by atoms with Crippen LogP contribution in [0.5, 0.6) is 0 Å². The number of sulfonamides is 1. The lowest BCUT2D eigenvalue weighted by atomic mass is 10.0. The van der Waals surface area contributed by atoms with Crippen molar-refractivity contribution in [2.75, 3.05) is 11.1 Å². The number of anilines is 1. The van der Waals surface area contributed by atoms with E-state index in [1.807, 2.05) is 32.9 Å². The highest BCUT2D eigenvalue weighted by molar-refractivity contribution is 8.14. The van der Waals surface area contributed by atoms with E-state index in [-0.39, 0.29) is 4.90 Å². The van der Waals surface area contributed by atoms with Gasteiger partial charge in [0, 0.05) is 0 Å². The van der Waals surface area contributed by atoms with Crippen molar-refractivity contribution in [3.8, 4) is 0 Å². The Hall–Kier alpha value is -1.01. The number of rotatable bonds is 2. The van der Waals surface area contributed by atoms with Crippen molar-refractivity contribution < 1.29 is 8.42 Å². The molecule has 0 aliphatic carbocycles. The molecule has 6 heteroatoms. The van der Waals surface area contributed by atoms with E-state index in [1.54, 1.807) is 6.07 Å². The number of hydrogen-bond acceptors (Lipinski definition) is 4. The summed E-state index contributed by atoms with van der Waals surface area (Å²) in [7, 11) is -3.56. The van der Waals surface area contributed by atoms with Gasteiger partial charge in [-0.05, 0) is 29.4 Å². The van der Waals surface area contributed by atoms with Crippen molar-refractivity contribution in [2.24, 2.45) is 4.40 Å². The number of nitrogens with one attached hydrogen (secondary N) is 1. The minimum Gasteiger partial charge on any atom is -0.333 e. The number of thioether (sulfide) groups is 1. The molecule has 2 rings (SSSR count). The van der Waals surface area contributed by atoms with Crippen LogP contribution in [0.3, 0.4) is 0 Å². The summed E-state index contributed by atoms with van der Waals surface area (Å²) >= 11 is 1.39. The molecular weight excluding hydrogens is 268 g/mol. The second-order valence-corrected chi connectivity index (χ2v) is 7.17. The molecule has 0 bridgehead atoms. The predicted molar refractivity (Wildman–Crippen MR) is 76.9 cm³/mol. The van der Waals surface area contributed by atoms with E-state index in [1.165, 1.54) is 11.8 Å². The van der Waals surface area contributed by atoms with Crippen LogP contribution in [0.15, 0.2) is 27.5 Å². The Kier molecular flexibility index (Phi) is 3.68. The highest BCUT2D eigenvalue weighted by atomic mass is 32.2. The summed E-state index contributed by atoms with van der Waals surface area (Å²) in [6.07, 6.45) is 0. The first kappa shape index (κ1) is 13.4. The SMILES string of the molecule is CCSC1=NS(=O)(=O)c2cc(C(C)C)ccc2N1. The van der Waals surface area contributed by atoms with Gasteiger partial charge in [-0.25, -0.2) is 0 Å². The maximum Gasteiger partial charge on any atom is 0.286 e. The van der Waals surface area contributed by atoms with Gasteiger partial charge in [0.05, 0.1) is 5.69 Å². The van der Waals surface area contributed by atoms with Crippen LogP contribution in [0.2, 0.25) is 0 Å². The monoisotopic (exact) mass is 284 g/mol. The topological polar surface area (TPSA) is 58.5 Å². The predicted octanol–water partition coefficient (Wildman–Crippen LogP) is 3.03. The zero-order chi connectivity index (χ0) is 13.3. The third kappa shape index (κ3) is 2.54. The second-order valence-electron chi connectivity index (χ2n) is 4.34. The highest BCUT2D eigenvalue weighted by Crippen LogP contribution is 2.32. The molecule has 0 saturated carbocycles. The molecule has 1 aromatic carbocycles.